The normalized spacial score (nSPS) is 23.0. The number of benzene rings is 1. The SMILES string of the molecule is Cc1cccc(C(=O)N2CCCC[C@@H]2CCN2CCCCC2)c1. The summed E-state index contributed by atoms with van der Waals surface area (Å²) in [7, 11) is 0. The van der Waals surface area contributed by atoms with Crippen molar-refractivity contribution in [3.8, 4) is 0 Å². The first-order valence-corrected chi connectivity index (χ1v) is 9.34. The summed E-state index contributed by atoms with van der Waals surface area (Å²) in [5, 5.41) is 0. The Morgan fingerprint density at radius 3 is 2.65 bits per heavy atom. The van der Waals surface area contributed by atoms with Gasteiger partial charge in [0.05, 0.1) is 0 Å². The standard InChI is InChI=1S/C20H30N2O/c1-17-8-7-9-18(16-17)20(23)22-14-6-3-10-19(22)11-15-21-12-4-2-5-13-21/h7-9,16,19H,2-6,10-15H2,1H3/t19-/m1/s1. The number of carbonyl (C=O) groups is 1. The van der Waals surface area contributed by atoms with E-state index in [0.717, 1.165) is 37.1 Å². The van der Waals surface area contributed by atoms with Crippen molar-refractivity contribution in [2.45, 2.75) is 57.9 Å². The van der Waals surface area contributed by atoms with Gasteiger partial charge in [-0.1, -0.05) is 24.1 Å². The van der Waals surface area contributed by atoms with Gasteiger partial charge in [-0.25, -0.2) is 0 Å². The van der Waals surface area contributed by atoms with Crippen molar-refractivity contribution in [1.82, 2.24) is 9.80 Å². The molecular weight excluding hydrogens is 284 g/mol. The highest BCUT2D eigenvalue weighted by atomic mass is 16.2. The molecule has 0 radical (unpaired) electrons. The number of hydrogen-bond acceptors (Lipinski definition) is 2. The van der Waals surface area contributed by atoms with Crippen LogP contribution in [-0.4, -0.2) is 47.9 Å². The molecule has 3 nitrogen and oxygen atoms in total. The highest BCUT2D eigenvalue weighted by Gasteiger charge is 2.27. The molecule has 0 spiro atoms. The van der Waals surface area contributed by atoms with Crippen LogP contribution in [0.5, 0.6) is 0 Å². The van der Waals surface area contributed by atoms with Crippen LogP contribution in [-0.2, 0) is 0 Å². The second-order valence-electron chi connectivity index (χ2n) is 7.21. The van der Waals surface area contributed by atoms with E-state index in [1.54, 1.807) is 0 Å². The average molecular weight is 314 g/mol. The second-order valence-corrected chi connectivity index (χ2v) is 7.21. The fourth-order valence-corrected chi connectivity index (χ4v) is 4.03. The fraction of sp³-hybridized carbons (Fsp3) is 0.650. The van der Waals surface area contributed by atoms with Gasteiger partial charge in [-0.3, -0.25) is 4.79 Å². The summed E-state index contributed by atoms with van der Waals surface area (Å²) in [6, 6.07) is 8.47. The molecule has 2 aliphatic rings. The Morgan fingerprint density at radius 2 is 1.87 bits per heavy atom. The molecule has 0 saturated carbocycles. The van der Waals surface area contributed by atoms with Gasteiger partial charge in [-0.2, -0.15) is 0 Å². The van der Waals surface area contributed by atoms with Crippen LogP contribution in [0.1, 0.15) is 60.9 Å². The number of hydrogen-bond donors (Lipinski definition) is 0. The first kappa shape index (κ1) is 16.5. The highest BCUT2D eigenvalue weighted by Crippen LogP contribution is 2.23. The summed E-state index contributed by atoms with van der Waals surface area (Å²) >= 11 is 0. The zero-order valence-electron chi connectivity index (χ0n) is 14.5. The van der Waals surface area contributed by atoms with E-state index in [0.29, 0.717) is 6.04 Å². The summed E-state index contributed by atoms with van der Waals surface area (Å²) in [5.74, 6) is 0.233. The van der Waals surface area contributed by atoms with Gasteiger partial charge in [0.2, 0.25) is 0 Å². The molecule has 1 amide bonds. The van der Waals surface area contributed by atoms with E-state index in [1.165, 1.54) is 45.2 Å². The molecule has 2 aliphatic heterocycles. The summed E-state index contributed by atoms with van der Waals surface area (Å²) in [5.41, 5.74) is 2.02. The molecule has 3 rings (SSSR count). The van der Waals surface area contributed by atoms with Crippen molar-refractivity contribution in [2.75, 3.05) is 26.2 Å². The third kappa shape index (κ3) is 4.35. The quantitative estimate of drug-likeness (QED) is 0.842. The topological polar surface area (TPSA) is 23.6 Å². The Bertz CT molecular complexity index is 522. The van der Waals surface area contributed by atoms with E-state index in [4.69, 9.17) is 0 Å². The van der Waals surface area contributed by atoms with E-state index in [2.05, 4.69) is 22.8 Å². The van der Waals surface area contributed by atoms with Gasteiger partial charge in [0.15, 0.2) is 0 Å². The van der Waals surface area contributed by atoms with Crippen LogP contribution in [0.4, 0.5) is 0 Å². The predicted molar refractivity (Wildman–Crippen MR) is 94.8 cm³/mol. The molecule has 0 unspecified atom stereocenters. The lowest BCUT2D eigenvalue weighted by atomic mass is 9.97. The van der Waals surface area contributed by atoms with Crippen LogP contribution < -0.4 is 0 Å². The number of likely N-dealkylation sites (tertiary alicyclic amines) is 2. The smallest absolute Gasteiger partial charge is 0.254 e. The Hall–Kier alpha value is -1.35. The number of amides is 1. The zero-order valence-corrected chi connectivity index (χ0v) is 14.5. The molecule has 0 bridgehead atoms. The fourth-order valence-electron chi connectivity index (χ4n) is 4.03. The lowest BCUT2D eigenvalue weighted by molar-refractivity contribution is 0.0579. The minimum atomic E-state index is 0.233. The highest BCUT2D eigenvalue weighted by molar-refractivity contribution is 5.94. The van der Waals surface area contributed by atoms with Gasteiger partial charge in [-0.15, -0.1) is 0 Å². The van der Waals surface area contributed by atoms with E-state index in [-0.39, 0.29) is 5.91 Å². The van der Waals surface area contributed by atoms with Crippen molar-refractivity contribution >= 4 is 5.91 Å². The lowest BCUT2D eigenvalue weighted by Gasteiger charge is -2.37. The molecule has 1 aromatic rings. The van der Waals surface area contributed by atoms with Gasteiger partial charge in [0, 0.05) is 24.7 Å². The monoisotopic (exact) mass is 314 g/mol. The number of rotatable bonds is 4. The average Bonchev–Trinajstić information content (AvgIpc) is 2.60. The largest absolute Gasteiger partial charge is 0.336 e. The van der Waals surface area contributed by atoms with Crippen LogP contribution in [0.15, 0.2) is 24.3 Å². The number of carbonyl (C=O) groups excluding carboxylic acids is 1. The molecule has 2 saturated heterocycles. The molecule has 23 heavy (non-hydrogen) atoms. The molecule has 3 heteroatoms. The summed E-state index contributed by atoms with van der Waals surface area (Å²) in [6.45, 7) is 6.64. The lowest BCUT2D eigenvalue weighted by Crippen LogP contribution is -2.45. The number of piperidine rings is 2. The Kier molecular flexibility index (Phi) is 5.71. The summed E-state index contributed by atoms with van der Waals surface area (Å²) < 4.78 is 0. The Balaban J connectivity index is 1.62. The molecule has 0 aromatic heterocycles. The van der Waals surface area contributed by atoms with Crippen molar-refractivity contribution in [3.05, 3.63) is 35.4 Å². The zero-order chi connectivity index (χ0) is 16.1. The van der Waals surface area contributed by atoms with Crippen LogP contribution in [0.2, 0.25) is 0 Å². The van der Waals surface area contributed by atoms with Crippen LogP contribution >= 0.6 is 0 Å². The molecule has 0 N–H and O–H groups in total. The second kappa shape index (κ2) is 7.96. The van der Waals surface area contributed by atoms with Crippen LogP contribution in [0.3, 0.4) is 0 Å². The third-order valence-electron chi connectivity index (χ3n) is 5.38. The van der Waals surface area contributed by atoms with Gasteiger partial charge >= 0.3 is 0 Å². The van der Waals surface area contributed by atoms with Crippen LogP contribution in [0, 0.1) is 6.92 Å². The van der Waals surface area contributed by atoms with Crippen molar-refractivity contribution < 1.29 is 4.79 Å². The third-order valence-corrected chi connectivity index (χ3v) is 5.38. The molecule has 1 aromatic carbocycles. The molecule has 0 aliphatic carbocycles. The van der Waals surface area contributed by atoms with Gasteiger partial charge < -0.3 is 9.80 Å². The maximum atomic E-state index is 12.9. The Morgan fingerprint density at radius 1 is 1.09 bits per heavy atom. The van der Waals surface area contributed by atoms with E-state index in [1.807, 2.05) is 18.2 Å². The minimum absolute atomic E-state index is 0.233. The predicted octanol–water partition coefficient (Wildman–Crippen LogP) is 3.87. The van der Waals surface area contributed by atoms with Crippen LogP contribution in [0.25, 0.3) is 0 Å². The molecular formula is C20H30N2O. The number of aryl methyl sites for hydroxylation is 1. The van der Waals surface area contributed by atoms with Crippen molar-refractivity contribution in [1.29, 1.82) is 0 Å². The molecule has 2 heterocycles. The molecule has 1 atom stereocenters. The summed E-state index contributed by atoms with van der Waals surface area (Å²) in [6.07, 6.45) is 8.80. The van der Waals surface area contributed by atoms with E-state index < -0.39 is 0 Å². The van der Waals surface area contributed by atoms with Gasteiger partial charge in [0.1, 0.15) is 0 Å². The van der Waals surface area contributed by atoms with Gasteiger partial charge in [0.25, 0.3) is 5.91 Å². The summed E-state index contributed by atoms with van der Waals surface area (Å²) in [4.78, 5) is 17.7. The van der Waals surface area contributed by atoms with Crippen molar-refractivity contribution in [3.63, 3.8) is 0 Å². The maximum Gasteiger partial charge on any atom is 0.254 e. The Labute approximate surface area is 140 Å². The molecule has 126 valence electrons. The van der Waals surface area contributed by atoms with Crippen molar-refractivity contribution in [2.24, 2.45) is 0 Å². The minimum Gasteiger partial charge on any atom is -0.336 e. The molecule has 2 fully saturated rings. The number of nitrogens with zero attached hydrogens (tertiary/aromatic N) is 2. The van der Waals surface area contributed by atoms with E-state index in [9.17, 15) is 4.79 Å². The first-order valence-electron chi connectivity index (χ1n) is 9.34. The van der Waals surface area contributed by atoms with Gasteiger partial charge in [-0.05, 0) is 70.7 Å². The first-order chi connectivity index (χ1) is 11.2. The van der Waals surface area contributed by atoms with E-state index >= 15 is 0 Å². The maximum absolute atomic E-state index is 12.9.